The van der Waals surface area contributed by atoms with Crippen LogP contribution >= 0.6 is 0 Å². The van der Waals surface area contributed by atoms with E-state index in [0.717, 1.165) is 30.4 Å². The molecular formula is C28H32N2O5. The Morgan fingerprint density at radius 3 is 2.23 bits per heavy atom. The summed E-state index contributed by atoms with van der Waals surface area (Å²) in [5, 5.41) is 12.0. The number of nitrogens with zero attached hydrogens (tertiary/aromatic N) is 1. The third kappa shape index (κ3) is 4.40. The molecule has 7 nitrogen and oxygen atoms in total. The first-order valence-corrected chi connectivity index (χ1v) is 12.5. The van der Waals surface area contributed by atoms with Crippen molar-refractivity contribution in [2.75, 3.05) is 26.2 Å². The lowest BCUT2D eigenvalue weighted by Gasteiger charge is -2.42. The number of fused-ring (bicyclic) bond motifs is 3. The summed E-state index contributed by atoms with van der Waals surface area (Å²) in [5.74, 6) is -0.676. The topological polar surface area (TPSA) is 95.9 Å². The van der Waals surface area contributed by atoms with Gasteiger partial charge in [-0.15, -0.1) is 0 Å². The lowest BCUT2D eigenvalue weighted by Crippen LogP contribution is -2.53. The summed E-state index contributed by atoms with van der Waals surface area (Å²) in [6.07, 6.45) is 1.97. The van der Waals surface area contributed by atoms with Gasteiger partial charge in [-0.3, -0.25) is 9.59 Å². The predicted octanol–water partition coefficient (Wildman–Crippen LogP) is 4.26. The molecule has 2 amide bonds. The highest BCUT2D eigenvalue weighted by atomic mass is 16.5. The highest BCUT2D eigenvalue weighted by Crippen LogP contribution is 2.45. The number of rotatable bonds is 7. The van der Waals surface area contributed by atoms with Crippen LogP contribution in [-0.4, -0.2) is 54.2 Å². The van der Waals surface area contributed by atoms with E-state index in [-0.39, 0.29) is 43.2 Å². The number of nitrogens with one attached hydrogen (secondary N) is 1. The van der Waals surface area contributed by atoms with Crippen LogP contribution in [0.25, 0.3) is 11.1 Å². The molecule has 0 aromatic heterocycles. The molecule has 0 radical (unpaired) electrons. The summed E-state index contributed by atoms with van der Waals surface area (Å²) < 4.78 is 5.65. The van der Waals surface area contributed by atoms with Gasteiger partial charge in [0.1, 0.15) is 6.61 Å². The Balaban J connectivity index is 1.18. The van der Waals surface area contributed by atoms with E-state index in [2.05, 4.69) is 29.6 Å². The molecule has 2 aliphatic carbocycles. The van der Waals surface area contributed by atoms with Crippen LogP contribution in [0, 0.1) is 17.3 Å². The number of carboxylic acids is 1. The van der Waals surface area contributed by atoms with Crippen molar-refractivity contribution in [2.24, 2.45) is 17.3 Å². The van der Waals surface area contributed by atoms with Crippen LogP contribution in [-0.2, 0) is 14.3 Å². The zero-order chi connectivity index (χ0) is 24.6. The zero-order valence-corrected chi connectivity index (χ0v) is 20.0. The van der Waals surface area contributed by atoms with E-state index in [4.69, 9.17) is 9.84 Å². The quantitative estimate of drug-likeness (QED) is 0.622. The molecule has 2 aromatic carbocycles. The molecule has 1 saturated carbocycles. The first-order valence-electron chi connectivity index (χ1n) is 12.5. The van der Waals surface area contributed by atoms with Gasteiger partial charge in [0.05, 0.1) is 11.8 Å². The normalized spacial score (nSPS) is 22.1. The molecule has 1 aliphatic heterocycles. The van der Waals surface area contributed by atoms with E-state index in [9.17, 15) is 14.4 Å². The molecule has 35 heavy (non-hydrogen) atoms. The van der Waals surface area contributed by atoms with E-state index < -0.39 is 17.5 Å². The Labute approximate surface area is 205 Å². The molecule has 0 spiro atoms. The molecule has 3 aliphatic rings. The molecule has 2 aromatic rings. The highest BCUT2D eigenvalue weighted by molar-refractivity contribution is 5.85. The fourth-order valence-electron chi connectivity index (χ4n) is 5.99. The van der Waals surface area contributed by atoms with Gasteiger partial charge in [0.2, 0.25) is 5.91 Å². The second-order valence-corrected chi connectivity index (χ2v) is 10.4. The number of ether oxygens (including phenoxy) is 1. The molecule has 1 saturated heterocycles. The Bertz CT molecular complexity index is 1100. The Kier molecular flexibility index (Phi) is 6.26. The minimum absolute atomic E-state index is 0.00954. The van der Waals surface area contributed by atoms with Crippen LogP contribution in [0.15, 0.2) is 48.5 Å². The minimum Gasteiger partial charge on any atom is -0.481 e. The van der Waals surface area contributed by atoms with E-state index in [1.165, 1.54) is 11.1 Å². The zero-order valence-electron chi connectivity index (χ0n) is 20.0. The van der Waals surface area contributed by atoms with Crippen molar-refractivity contribution < 1.29 is 24.2 Å². The van der Waals surface area contributed by atoms with E-state index in [1.54, 1.807) is 4.90 Å². The average molecular weight is 477 g/mol. The SMILES string of the molecule is CC1CN(C(=O)C2(CNC(=O)OCC3c4ccccc4-c4ccccc43)CCC2)CC1CC(=O)O. The van der Waals surface area contributed by atoms with Crippen molar-refractivity contribution in [3.8, 4) is 11.1 Å². The van der Waals surface area contributed by atoms with Crippen molar-refractivity contribution in [2.45, 2.75) is 38.5 Å². The van der Waals surface area contributed by atoms with Crippen molar-refractivity contribution in [1.29, 1.82) is 0 Å². The fourth-order valence-corrected chi connectivity index (χ4v) is 5.99. The first-order chi connectivity index (χ1) is 16.9. The third-order valence-electron chi connectivity index (χ3n) is 8.17. The smallest absolute Gasteiger partial charge is 0.407 e. The number of benzene rings is 2. The van der Waals surface area contributed by atoms with Gasteiger partial charge in [-0.05, 0) is 46.9 Å². The molecule has 0 bridgehead atoms. The van der Waals surface area contributed by atoms with Gasteiger partial charge >= 0.3 is 12.1 Å². The van der Waals surface area contributed by atoms with Crippen molar-refractivity contribution in [1.82, 2.24) is 10.2 Å². The van der Waals surface area contributed by atoms with Crippen LogP contribution in [0.4, 0.5) is 4.79 Å². The number of carbonyl (C=O) groups is 3. The largest absolute Gasteiger partial charge is 0.481 e. The van der Waals surface area contributed by atoms with Crippen LogP contribution in [0.2, 0.25) is 0 Å². The second-order valence-electron chi connectivity index (χ2n) is 10.4. The summed E-state index contributed by atoms with van der Waals surface area (Å²) >= 11 is 0. The molecule has 184 valence electrons. The van der Waals surface area contributed by atoms with Crippen molar-refractivity contribution in [3.63, 3.8) is 0 Å². The predicted molar refractivity (Wildman–Crippen MR) is 131 cm³/mol. The number of likely N-dealkylation sites (tertiary alicyclic amines) is 1. The number of amides is 2. The standard InChI is InChI=1S/C28H32N2O5/c1-18-14-30(15-19(18)13-25(31)32)26(33)28(11-6-12-28)17-29-27(34)35-16-24-22-9-4-2-7-20(22)21-8-3-5-10-23(21)24/h2-5,7-10,18-19,24H,6,11-17H2,1H3,(H,29,34)(H,31,32). The van der Waals surface area contributed by atoms with Gasteiger partial charge in [0.25, 0.3) is 0 Å². The first kappa shape index (κ1) is 23.4. The summed E-state index contributed by atoms with van der Waals surface area (Å²) in [7, 11) is 0. The lowest BCUT2D eigenvalue weighted by atomic mass is 9.67. The number of aliphatic carboxylic acids is 1. The maximum Gasteiger partial charge on any atom is 0.407 e. The van der Waals surface area contributed by atoms with Gasteiger partial charge < -0.3 is 20.1 Å². The molecule has 1 heterocycles. The number of carboxylic acid groups (broad SMARTS) is 1. The Morgan fingerprint density at radius 2 is 1.66 bits per heavy atom. The molecule has 5 rings (SSSR count). The molecular weight excluding hydrogens is 444 g/mol. The van der Waals surface area contributed by atoms with Crippen molar-refractivity contribution in [3.05, 3.63) is 59.7 Å². The average Bonchev–Trinajstić information content (AvgIpc) is 3.34. The summed E-state index contributed by atoms with van der Waals surface area (Å²) in [4.78, 5) is 39.0. The Hall–Kier alpha value is -3.35. The maximum absolute atomic E-state index is 13.4. The van der Waals surface area contributed by atoms with Gasteiger partial charge in [0.15, 0.2) is 0 Å². The number of alkyl carbamates (subject to hydrolysis) is 1. The van der Waals surface area contributed by atoms with Crippen molar-refractivity contribution >= 4 is 18.0 Å². The maximum atomic E-state index is 13.4. The van der Waals surface area contributed by atoms with Gasteiger partial charge in [-0.2, -0.15) is 0 Å². The number of hydrogen-bond donors (Lipinski definition) is 2. The minimum atomic E-state index is -0.827. The highest BCUT2D eigenvalue weighted by Gasteiger charge is 2.48. The monoisotopic (exact) mass is 476 g/mol. The summed E-state index contributed by atoms with van der Waals surface area (Å²) in [5.41, 5.74) is 4.07. The van der Waals surface area contributed by atoms with Gasteiger partial charge in [0, 0.05) is 25.6 Å². The Morgan fingerprint density at radius 1 is 1.03 bits per heavy atom. The van der Waals surface area contributed by atoms with E-state index in [0.29, 0.717) is 13.1 Å². The van der Waals surface area contributed by atoms with E-state index >= 15 is 0 Å². The summed E-state index contributed by atoms with van der Waals surface area (Å²) in [6.45, 7) is 3.53. The second kappa shape index (κ2) is 9.36. The van der Waals surface area contributed by atoms with Crippen LogP contribution in [0.5, 0.6) is 0 Å². The molecule has 7 heteroatoms. The number of hydrogen-bond acceptors (Lipinski definition) is 4. The van der Waals surface area contributed by atoms with E-state index in [1.807, 2.05) is 31.2 Å². The number of carbonyl (C=O) groups excluding carboxylic acids is 2. The molecule has 2 atom stereocenters. The molecule has 2 unspecified atom stereocenters. The van der Waals surface area contributed by atoms with Crippen LogP contribution in [0.3, 0.4) is 0 Å². The lowest BCUT2D eigenvalue weighted by molar-refractivity contribution is -0.146. The van der Waals surface area contributed by atoms with Crippen LogP contribution in [0.1, 0.15) is 49.7 Å². The summed E-state index contributed by atoms with van der Waals surface area (Å²) in [6, 6.07) is 16.4. The van der Waals surface area contributed by atoms with Gasteiger partial charge in [-0.1, -0.05) is 61.9 Å². The molecule has 2 fully saturated rings. The van der Waals surface area contributed by atoms with Crippen LogP contribution < -0.4 is 5.32 Å². The molecule has 2 N–H and O–H groups in total. The third-order valence-corrected chi connectivity index (χ3v) is 8.17. The fraction of sp³-hybridized carbons (Fsp3) is 0.464. The van der Waals surface area contributed by atoms with Gasteiger partial charge in [-0.25, -0.2) is 4.79 Å².